The molecule has 2 aromatic rings. The molecule has 2 aliphatic rings. The second kappa shape index (κ2) is 11.7. The van der Waals surface area contributed by atoms with Gasteiger partial charge in [-0.15, -0.1) is 0 Å². The lowest BCUT2D eigenvalue weighted by atomic mass is 10.1. The molecule has 0 amide bonds. The van der Waals surface area contributed by atoms with Crippen LogP contribution in [0.25, 0.3) is 24.3 Å². The summed E-state index contributed by atoms with van der Waals surface area (Å²) in [6.45, 7) is 8.32. The summed E-state index contributed by atoms with van der Waals surface area (Å²) in [4.78, 5) is 23.1. The molecular formula is C28H28O6. The van der Waals surface area contributed by atoms with Crippen LogP contribution >= 0.6 is 0 Å². The van der Waals surface area contributed by atoms with Crippen LogP contribution in [-0.4, -0.2) is 50.2 Å². The zero-order valence-electron chi connectivity index (χ0n) is 18.9. The third kappa shape index (κ3) is 6.18. The number of ether oxygens (including phenoxy) is 3. The molecule has 34 heavy (non-hydrogen) atoms. The second-order valence-corrected chi connectivity index (χ2v) is 7.97. The van der Waals surface area contributed by atoms with Gasteiger partial charge < -0.3 is 14.2 Å². The summed E-state index contributed by atoms with van der Waals surface area (Å²) in [5, 5.41) is 0. The van der Waals surface area contributed by atoms with E-state index in [1.165, 1.54) is 6.08 Å². The van der Waals surface area contributed by atoms with Crippen LogP contribution in [0.1, 0.15) is 22.3 Å². The minimum absolute atomic E-state index is 0.253. The van der Waals surface area contributed by atoms with Crippen LogP contribution in [0.4, 0.5) is 0 Å². The fourth-order valence-electron chi connectivity index (χ4n) is 3.80. The minimum Gasteiger partial charge on any atom is -0.454 e. The summed E-state index contributed by atoms with van der Waals surface area (Å²) in [6.07, 6.45) is 8.91. The maximum atomic E-state index is 12.3. The molecule has 4 rings (SSSR count). The Morgan fingerprint density at radius 3 is 1.97 bits per heavy atom. The lowest BCUT2D eigenvalue weighted by Gasteiger charge is -2.16. The van der Waals surface area contributed by atoms with Crippen molar-refractivity contribution in [3.8, 4) is 0 Å². The highest BCUT2D eigenvalue weighted by Gasteiger charge is 2.50. The monoisotopic (exact) mass is 460 g/mol. The van der Waals surface area contributed by atoms with E-state index < -0.39 is 12.1 Å². The van der Waals surface area contributed by atoms with Crippen molar-refractivity contribution in [2.45, 2.75) is 24.4 Å². The SMILES string of the molecule is C=Cc1ccc(/C=C/COO[C@H]2CO[C@H]3C(OC(=O)/C=C/c4ccc(C=C)cc4)CO[C@@H]23)cc1. The van der Waals surface area contributed by atoms with Crippen LogP contribution in [0.2, 0.25) is 0 Å². The first-order valence-corrected chi connectivity index (χ1v) is 11.2. The smallest absolute Gasteiger partial charge is 0.331 e. The molecule has 1 unspecified atom stereocenters. The van der Waals surface area contributed by atoms with E-state index in [9.17, 15) is 4.79 Å². The number of carbonyl (C=O) groups is 1. The molecule has 2 heterocycles. The molecule has 0 aliphatic carbocycles. The van der Waals surface area contributed by atoms with Gasteiger partial charge in [0.15, 0.2) is 6.10 Å². The van der Waals surface area contributed by atoms with Crippen LogP contribution in [0.3, 0.4) is 0 Å². The minimum atomic E-state index is -0.489. The van der Waals surface area contributed by atoms with Gasteiger partial charge in [-0.25, -0.2) is 14.6 Å². The van der Waals surface area contributed by atoms with Gasteiger partial charge >= 0.3 is 5.97 Å². The normalized spacial score (nSPS) is 23.9. The Balaban J connectivity index is 1.19. The Bertz CT molecular complexity index is 1040. The van der Waals surface area contributed by atoms with Crippen LogP contribution in [0, 0.1) is 0 Å². The molecule has 4 atom stereocenters. The molecule has 2 aromatic carbocycles. The topological polar surface area (TPSA) is 63.2 Å². The number of benzene rings is 2. The molecule has 0 N–H and O–H groups in total. The van der Waals surface area contributed by atoms with Crippen molar-refractivity contribution in [2.24, 2.45) is 0 Å². The number of hydrogen-bond donors (Lipinski definition) is 0. The van der Waals surface area contributed by atoms with E-state index in [-0.39, 0.29) is 31.5 Å². The van der Waals surface area contributed by atoms with Gasteiger partial charge in [0.05, 0.1) is 13.2 Å². The molecule has 2 fully saturated rings. The number of fused-ring (bicyclic) bond motifs is 1. The van der Waals surface area contributed by atoms with Gasteiger partial charge in [-0.1, -0.05) is 86.0 Å². The van der Waals surface area contributed by atoms with E-state index in [2.05, 4.69) is 13.2 Å². The predicted octanol–water partition coefficient (Wildman–Crippen LogP) is 4.73. The van der Waals surface area contributed by atoms with Crippen molar-refractivity contribution in [1.82, 2.24) is 0 Å². The summed E-state index contributed by atoms with van der Waals surface area (Å²) in [7, 11) is 0. The molecule has 2 aliphatic heterocycles. The highest BCUT2D eigenvalue weighted by atomic mass is 17.2. The quantitative estimate of drug-likeness (QED) is 0.168. The highest BCUT2D eigenvalue weighted by Crippen LogP contribution is 2.30. The van der Waals surface area contributed by atoms with Gasteiger partial charge in [0, 0.05) is 6.08 Å². The van der Waals surface area contributed by atoms with Crippen molar-refractivity contribution in [1.29, 1.82) is 0 Å². The fourth-order valence-corrected chi connectivity index (χ4v) is 3.80. The Kier molecular flexibility index (Phi) is 8.22. The molecule has 0 saturated carbocycles. The lowest BCUT2D eigenvalue weighted by Crippen LogP contribution is -2.34. The molecule has 176 valence electrons. The summed E-state index contributed by atoms with van der Waals surface area (Å²) < 4.78 is 17.1. The number of rotatable bonds is 10. The van der Waals surface area contributed by atoms with Gasteiger partial charge in [-0.2, -0.15) is 0 Å². The average Bonchev–Trinajstić information content (AvgIpc) is 3.46. The molecule has 6 nitrogen and oxygen atoms in total. The van der Waals surface area contributed by atoms with Crippen LogP contribution < -0.4 is 0 Å². The van der Waals surface area contributed by atoms with E-state index >= 15 is 0 Å². The van der Waals surface area contributed by atoms with Crippen LogP contribution in [0.5, 0.6) is 0 Å². The van der Waals surface area contributed by atoms with E-state index in [4.69, 9.17) is 24.0 Å². The maximum absolute atomic E-state index is 12.3. The fraction of sp³-hybridized carbons (Fsp3) is 0.250. The molecule has 6 heteroatoms. The van der Waals surface area contributed by atoms with Crippen molar-refractivity contribution in [3.05, 3.63) is 96.1 Å². The molecule has 0 bridgehead atoms. The Hall–Kier alpha value is -3.29. The zero-order chi connectivity index (χ0) is 23.8. The third-order valence-corrected chi connectivity index (χ3v) is 5.65. The Morgan fingerprint density at radius 1 is 0.824 bits per heavy atom. The van der Waals surface area contributed by atoms with E-state index in [1.54, 1.807) is 18.2 Å². The summed E-state index contributed by atoms with van der Waals surface area (Å²) >= 11 is 0. The van der Waals surface area contributed by atoms with Gasteiger partial charge in [0.1, 0.15) is 24.9 Å². The molecule has 0 aromatic heterocycles. The first-order valence-electron chi connectivity index (χ1n) is 11.2. The number of hydrogen-bond acceptors (Lipinski definition) is 6. The predicted molar refractivity (Wildman–Crippen MR) is 131 cm³/mol. The summed E-state index contributed by atoms with van der Waals surface area (Å²) in [5.41, 5.74) is 4.05. The number of esters is 1. The highest BCUT2D eigenvalue weighted by molar-refractivity contribution is 5.87. The van der Waals surface area contributed by atoms with E-state index in [0.717, 1.165) is 22.3 Å². The lowest BCUT2D eigenvalue weighted by molar-refractivity contribution is -0.326. The van der Waals surface area contributed by atoms with Gasteiger partial charge in [0.2, 0.25) is 0 Å². The van der Waals surface area contributed by atoms with Crippen LogP contribution in [-0.2, 0) is 28.8 Å². The van der Waals surface area contributed by atoms with Crippen molar-refractivity contribution in [3.63, 3.8) is 0 Å². The Labute approximate surface area is 199 Å². The molecular weight excluding hydrogens is 432 g/mol. The first-order chi connectivity index (χ1) is 16.7. The molecule has 0 radical (unpaired) electrons. The zero-order valence-corrected chi connectivity index (χ0v) is 18.9. The van der Waals surface area contributed by atoms with Crippen LogP contribution in [0.15, 0.2) is 73.8 Å². The van der Waals surface area contributed by atoms with Crippen molar-refractivity contribution < 1.29 is 28.8 Å². The summed E-state index contributed by atoms with van der Waals surface area (Å²) in [6, 6.07) is 15.7. The van der Waals surface area contributed by atoms with E-state index in [1.807, 2.05) is 60.7 Å². The first kappa shape index (κ1) is 23.9. The standard InChI is InChI=1S/C28H28O6/c1-3-20-7-11-22(12-8-20)6-5-17-32-34-25-19-31-27-24(18-30-28(25)27)33-26(29)16-15-23-13-9-21(4-2)10-14-23/h3-16,24-25,27-28H,1-2,17-19H2/b6-5+,16-15+/t24?,25-,27-,28-/m0/s1. The molecule has 0 spiro atoms. The second-order valence-electron chi connectivity index (χ2n) is 7.97. The molecule has 2 saturated heterocycles. The van der Waals surface area contributed by atoms with Gasteiger partial charge in [-0.05, 0) is 28.3 Å². The maximum Gasteiger partial charge on any atom is 0.331 e. The largest absolute Gasteiger partial charge is 0.454 e. The Morgan fingerprint density at radius 2 is 1.35 bits per heavy atom. The van der Waals surface area contributed by atoms with Crippen molar-refractivity contribution >= 4 is 30.3 Å². The average molecular weight is 461 g/mol. The number of carbonyl (C=O) groups excluding carboxylic acids is 1. The van der Waals surface area contributed by atoms with Gasteiger partial charge in [0.25, 0.3) is 0 Å². The van der Waals surface area contributed by atoms with Crippen molar-refractivity contribution in [2.75, 3.05) is 19.8 Å². The van der Waals surface area contributed by atoms with Gasteiger partial charge in [-0.3, -0.25) is 0 Å². The van der Waals surface area contributed by atoms with E-state index in [0.29, 0.717) is 6.61 Å². The summed E-state index contributed by atoms with van der Waals surface area (Å²) in [5.74, 6) is -0.447. The third-order valence-electron chi connectivity index (χ3n) is 5.65.